The summed E-state index contributed by atoms with van der Waals surface area (Å²) in [5.74, 6) is -0.294. The van der Waals surface area contributed by atoms with Crippen molar-refractivity contribution in [1.82, 2.24) is 15.2 Å². The molecule has 0 aromatic carbocycles. The van der Waals surface area contributed by atoms with Crippen molar-refractivity contribution >= 4 is 27.7 Å². The Labute approximate surface area is 120 Å². The molecule has 2 amide bonds. The van der Waals surface area contributed by atoms with Gasteiger partial charge < -0.3 is 10.2 Å². The number of carbonyl (C=O) groups excluding carboxylic acids is 2. The molecule has 0 saturated carbocycles. The first kappa shape index (κ1) is 14.0. The minimum absolute atomic E-state index is 0.108. The van der Waals surface area contributed by atoms with Crippen LogP contribution in [-0.2, 0) is 4.79 Å². The van der Waals surface area contributed by atoms with Crippen LogP contribution in [0.2, 0.25) is 0 Å². The fraction of sp³-hybridized carbons (Fsp3) is 0.462. The molecule has 2 rings (SSSR count). The molecule has 0 aliphatic carbocycles. The summed E-state index contributed by atoms with van der Waals surface area (Å²) in [6.45, 7) is 0.602. The number of rotatable bonds is 2. The molecule has 0 radical (unpaired) electrons. The quantitative estimate of drug-likeness (QED) is 0.840. The van der Waals surface area contributed by atoms with Gasteiger partial charge in [-0.3, -0.25) is 9.59 Å². The summed E-state index contributed by atoms with van der Waals surface area (Å²) >= 11 is 3.25. The lowest BCUT2D eigenvalue weighted by Gasteiger charge is -2.34. The lowest BCUT2D eigenvalue weighted by Crippen LogP contribution is -2.51. The number of piperidine rings is 1. The lowest BCUT2D eigenvalue weighted by atomic mass is 10.0. The van der Waals surface area contributed by atoms with Crippen molar-refractivity contribution < 1.29 is 9.59 Å². The van der Waals surface area contributed by atoms with Crippen LogP contribution in [-0.4, -0.2) is 41.3 Å². The molecule has 102 valence electrons. The van der Waals surface area contributed by atoms with Crippen molar-refractivity contribution in [2.24, 2.45) is 0 Å². The van der Waals surface area contributed by atoms with E-state index in [0.29, 0.717) is 23.3 Å². The van der Waals surface area contributed by atoms with Gasteiger partial charge in [-0.05, 0) is 47.3 Å². The van der Waals surface area contributed by atoms with Crippen molar-refractivity contribution in [3.63, 3.8) is 0 Å². The van der Waals surface area contributed by atoms with Gasteiger partial charge in [-0.15, -0.1) is 0 Å². The number of nitrogens with zero attached hydrogens (tertiary/aromatic N) is 2. The third-order valence-corrected chi connectivity index (χ3v) is 3.69. The number of aromatic nitrogens is 1. The lowest BCUT2D eigenvalue weighted by molar-refractivity contribution is -0.126. The van der Waals surface area contributed by atoms with E-state index in [-0.39, 0.29) is 17.9 Å². The molecule has 1 saturated heterocycles. The topological polar surface area (TPSA) is 62.3 Å². The van der Waals surface area contributed by atoms with Gasteiger partial charge >= 0.3 is 0 Å². The van der Waals surface area contributed by atoms with Gasteiger partial charge in [0.25, 0.3) is 5.91 Å². The molecule has 0 spiro atoms. The number of nitrogens with one attached hydrogen (secondary N) is 1. The molecular formula is C13H16BrN3O2. The summed E-state index contributed by atoms with van der Waals surface area (Å²) in [5.41, 5.74) is 0.366. The van der Waals surface area contributed by atoms with Crippen LogP contribution < -0.4 is 5.32 Å². The first-order valence-corrected chi connectivity index (χ1v) is 7.08. The maximum atomic E-state index is 12.4. The molecule has 1 fully saturated rings. The number of carbonyl (C=O) groups is 2. The fourth-order valence-electron chi connectivity index (χ4n) is 2.29. The maximum Gasteiger partial charge on any atom is 0.273 e. The van der Waals surface area contributed by atoms with Gasteiger partial charge in [0.15, 0.2) is 0 Å². The van der Waals surface area contributed by atoms with Gasteiger partial charge in [0.2, 0.25) is 5.91 Å². The van der Waals surface area contributed by atoms with E-state index in [1.54, 1.807) is 30.1 Å². The Morgan fingerprint density at radius 2 is 2.21 bits per heavy atom. The van der Waals surface area contributed by atoms with Gasteiger partial charge in [0.05, 0.1) is 0 Å². The van der Waals surface area contributed by atoms with Crippen molar-refractivity contribution in [3.8, 4) is 0 Å². The molecule has 5 nitrogen and oxygen atoms in total. The van der Waals surface area contributed by atoms with E-state index in [1.165, 1.54) is 0 Å². The highest BCUT2D eigenvalue weighted by atomic mass is 79.9. The highest BCUT2D eigenvalue weighted by Gasteiger charge is 2.32. The molecule has 1 N–H and O–H groups in total. The normalized spacial score (nSPS) is 19.1. The zero-order valence-electron chi connectivity index (χ0n) is 10.7. The predicted molar refractivity (Wildman–Crippen MR) is 74.7 cm³/mol. The first-order chi connectivity index (χ1) is 9.13. The third kappa shape index (κ3) is 3.12. The summed E-state index contributed by atoms with van der Waals surface area (Å²) in [6, 6.07) is 4.82. The van der Waals surface area contributed by atoms with Crippen LogP contribution in [0.25, 0.3) is 0 Å². The molecule has 2 heterocycles. The van der Waals surface area contributed by atoms with Gasteiger partial charge in [0.1, 0.15) is 16.3 Å². The van der Waals surface area contributed by atoms with E-state index in [4.69, 9.17) is 0 Å². The Morgan fingerprint density at radius 3 is 2.89 bits per heavy atom. The van der Waals surface area contributed by atoms with Crippen molar-refractivity contribution in [2.45, 2.75) is 25.3 Å². The Balaban J connectivity index is 2.22. The molecule has 1 unspecified atom stereocenters. The number of amides is 2. The van der Waals surface area contributed by atoms with Gasteiger partial charge in [-0.25, -0.2) is 4.98 Å². The molecule has 1 aliphatic rings. The van der Waals surface area contributed by atoms with Crippen LogP contribution in [0.4, 0.5) is 0 Å². The summed E-state index contributed by atoms with van der Waals surface area (Å²) in [6.07, 6.45) is 2.60. The van der Waals surface area contributed by atoms with Crippen LogP contribution in [0.3, 0.4) is 0 Å². The SMILES string of the molecule is CNC(=O)C1CCCCN1C(=O)c1cccc(Br)n1. The van der Waals surface area contributed by atoms with E-state index in [9.17, 15) is 9.59 Å². The molecule has 1 aromatic rings. The van der Waals surface area contributed by atoms with Crippen LogP contribution in [0.5, 0.6) is 0 Å². The van der Waals surface area contributed by atoms with Crippen molar-refractivity contribution in [2.75, 3.05) is 13.6 Å². The molecule has 19 heavy (non-hydrogen) atoms. The summed E-state index contributed by atoms with van der Waals surface area (Å²) in [4.78, 5) is 30.1. The highest BCUT2D eigenvalue weighted by molar-refractivity contribution is 9.10. The Bertz CT molecular complexity index is 493. The van der Waals surface area contributed by atoms with Crippen LogP contribution in [0.1, 0.15) is 29.8 Å². The highest BCUT2D eigenvalue weighted by Crippen LogP contribution is 2.20. The van der Waals surface area contributed by atoms with Crippen LogP contribution in [0, 0.1) is 0 Å². The molecule has 1 aromatic heterocycles. The van der Waals surface area contributed by atoms with Crippen LogP contribution >= 0.6 is 15.9 Å². The van der Waals surface area contributed by atoms with E-state index in [2.05, 4.69) is 26.2 Å². The monoisotopic (exact) mass is 325 g/mol. The van der Waals surface area contributed by atoms with Gasteiger partial charge in [-0.2, -0.15) is 0 Å². The fourth-order valence-corrected chi connectivity index (χ4v) is 2.63. The zero-order valence-corrected chi connectivity index (χ0v) is 12.3. The number of hydrogen-bond donors (Lipinski definition) is 1. The van der Waals surface area contributed by atoms with E-state index < -0.39 is 0 Å². The second-order valence-corrected chi connectivity index (χ2v) is 5.28. The minimum Gasteiger partial charge on any atom is -0.357 e. The number of likely N-dealkylation sites (tertiary alicyclic amines) is 1. The van der Waals surface area contributed by atoms with Gasteiger partial charge in [-0.1, -0.05) is 6.07 Å². The standard InChI is InChI=1S/C13H16BrN3O2/c1-15-12(18)10-6-2-3-8-17(10)13(19)9-5-4-7-11(14)16-9/h4-5,7,10H,2-3,6,8H2,1H3,(H,15,18). The second-order valence-electron chi connectivity index (χ2n) is 4.47. The number of pyridine rings is 1. The average molecular weight is 326 g/mol. The van der Waals surface area contributed by atoms with Gasteiger partial charge in [0, 0.05) is 13.6 Å². The predicted octanol–water partition coefficient (Wildman–Crippen LogP) is 1.58. The molecular weight excluding hydrogens is 310 g/mol. The average Bonchev–Trinajstić information content (AvgIpc) is 2.45. The molecule has 0 bridgehead atoms. The number of halogens is 1. The third-order valence-electron chi connectivity index (χ3n) is 3.25. The zero-order chi connectivity index (χ0) is 13.8. The van der Waals surface area contributed by atoms with Crippen LogP contribution in [0.15, 0.2) is 22.8 Å². The van der Waals surface area contributed by atoms with Crippen molar-refractivity contribution in [1.29, 1.82) is 0 Å². The molecule has 1 aliphatic heterocycles. The summed E-state index contributed by atoms with van der Waals surface area (Å²) in [7, 11) is 1.59. The van der Waals surface area contributed by atoms with Crippen molar-refractivity contribution in [3.05, 3.63) is 28.5 Å². The molecule has 1 atom stereocenters. The smallest absolute Gasteiger partial charge is 0.273 e. The molecule has 6 heteroatoms. The maximum absolute atomic E-state index is 12.4. The van der Waals surface area contributed by atoms with E-state index >= 15 is 0 Å². The largest absolute Gasteiger partial charge is 0.357 e. The Hall–Kier alpha value is -1.43. The van der Waals surface area contributed by atoms with E-state index in [1.807, 2.05) is 0 Å². The number of hydrogen-bond acceptors (Lipinski definition) is 3. The summed E-state index contributed by atoms with van der Waals surface area (Å²) in [5, 5.41) is 2.62. The second kappa shape index (κ2) is 6.14. The minimum atomic E-state index is -0.382. The first-order valence-electron chi connectivity index (χ1n) is 6.28. The number of likely N-dealkylation sites (N-methyl/N-ethyl adjacent to an activating group) is 1. The Morgan fingerprint density at radius 1 is 1.42 bits per heavy atom. The van der Waals surface area contributed by atoms with E-state index in [0.717, 1.165) is 12.8 Å². The summed E-state index contributed by atoms with van der Waals surface area (Å²) < 4.78 is 0.617. The Kier molecular flexibility index (Phi) is 4.52.